The number of hydrogen-bond acceptors (Lipinski definition) is 17. The minimum atomic E-state index is 0. The van der Waals surface area contributed by atoms with Crippen molar-refractivity contribution in [1.82, 2.24) is 34.9 Å². The first kappa shape index (κ1) is 58.3. The molecule has 0 aromatic carbocycles. The number of methoxy groups -OCH3 is 1. The molecule has 66 heavy (non-hydrogen) atoms. The summed E-state index contributed by atoms with van der Waals surface area (Å²) >= 11 is 13.0. The van der Waals surface area contributed by atoms with Gasteiger partial charge in [0.1, 0.15) is 46.3 Å². The number of nitriles is 1. The second-order valence-corrected chi connectivity index (χ2v) is 14.8. The second-order valence-electron chi connectivity index (χ2n) is 11.1. The molecule has 25 heteroatoms. The number of hydrazone groups is 2. The van der Waals surface area contributed by atoms with Gasteiger partial charge in [-0.3, -0.25) is 31.2 Å². The van der Waals surface area contributed by atoms with Crippen molar-refractivity contribution in [2.75, 3.05) is 30.5 Å². The molecule has 0 spiro atoms. The zero-order chi connectivity index (χ0) is 49.0. The van der Waals surface area contributed by atoms with Crippen molar-refractivity contribution in [2.24, 2.45) is 27.5 Å². The van der Waals surface area contributed by atoms with Crippen molar-refractivity contribution in [2.45, 2.75) is 0 Å². The van der Waals surface area contributed by atoms with Crippen LogP contribution in [-0.2, 0) is 4.74 Å². The first-order valence-corrected chi connectivity index (χ1v) is 21.0. The van der Waals surface area contributed by atoms with Crippen LogP contribution in [0.1, 0.15) is 22.8 Å². The Morgan fingerprint density at radius 1 is 0.621 bits per heavy atom. The number of ether oxygens (including phenoxy) is 1. The van der Waals surface area contributed by atoms with Gasteiger partial charge < -0.3 is 26.7 Å². The quantitative estimate of drug-likeness (QED) is 0.0255. The number of nitrogens with two attached hydrogens (primary N) is 3. The molecule has 338 valence electrons. The van der Waals surface area contributed by atoms with Crippen LogP contribution in [0.2, 0.25) is 0 Å². The zero-order valence-electron chi connectivity index (χ0n) is 36.0. The Morgan fingerprint density at radius 3 is 1.26 bits per heavy atom. The largest absolute Gasteiger partial charge is 0.480 e. The van der Waals surface area contributed by atoms with Crippen LogP contribution in [0.15, 0.2) is 175 Å². The van der Waals surface area contributed by atoms with Crippen molar-refractivity contribution >= 4 is 107 Å². The number of pyridine rings is 7. The van der Waals surface area contributed by atoms with E-state index in [-0.39, 0.29) is 37.0 Å². The van der Waals surface area contributed by atoms with E-state index in [2.05, 4.69) is 138 Å². The second kappa shape index (κ2) is 36.5. The van der Waals surface area contributed by atoms with Gasteiger partial charge in [0.15, 0.2) is 11.7 Å². The van der Waals surface area contributed by atoms with E-state index in [1.54, 1.807) is 91.9 Å². The monoisotopic (exact) mass is 1370 g/mol. The Hall–Kier alpha value is -5.69. The number of rotatable bonds is 8. The van der Waals surface area contributed by atoms with Gasteiger partial charge in [-0.2, -0.15) is 15.5 Å². The van der Waals surface area contributed by atoms with Crippen LogP contribution in [0, 0.1) is 47.9 Å². The Labute approximate surface area is 442 Å². The molecular weight excluding hydrogens is 1330 g/mol. The number of hydrogen-bond donors (Lipinski definition) is 8. The topological polar surface area (TPSA) is 306 Å². The Kier molecular flexibility index (Phi) is 32.3. The molecule has 7 rings (SSSR count). The fourth-order valence-corrected chi connectivity index (χ4v) is 4.70. The van der Waals surface area contributed by atoms with Gasteiger partial charge in [0, 0.05) is 108 Å². The molecule has 0 aliphatic rings. The third kappa shape index (κ3) is 25.7. The summed E-state index contributed by atoms with van der Waals surface area (Å²) < 4.78 is 13.5. The van der Waals surface area contributed by atoms with Crippen LogP contribution in [0.4, 0.5) is 17.5 Å². The average Bonchev–Trinajstić information content (AvgIpc) is 3.38. The van der Waals surface area contributed by atoms with Gasteiger partial charge in [-0.15, -0.1) is 0 Å². The molecule has 0 aliphatic heterocycles. The fraction of sp³-hybridized carbons (Fsp3) is 0.0488. The fourth-order valence-electron chi connectivity index (χ4n) is 3.77. The SMILES string of the molecule is CO.COC(=N)c1ccc(Br)cn1.N#Cc1ccc(Br)cn1.N/C(=N\Nc1ccccn1)c1ccc(Br)cn1.N/C(=N\Nc1ccccn1)c1ccc(Br)cn1.NNc1ccccn1.[2H][B].[U]. The van der Waals surface area contributed by atoms with Crippen molar-refractivity contribution < 1.29 is 41.0 Å². The molecule has 0 bridgehead atoms. The Balaban J connectivity index is 0.000000817. The minimum Gasteiger partial charge on any atom is -0.480 e. The van der Waals surface area contributed by atoms with Crippen LogP contribution >= 0.6 is 63.7 Å². The van der Waals surface area contributed by atoms with E-state index in [0.29, 0.717) is 51.9 Å². The van der Waals surface area contributed by atoms with E-state index in [0.717, 1.165) is 25.0 Å². The van der Waals surface area contributed by atoms with Crippen LogP contribution in [0.3, 0.4) is 0 Å². The van der Waals surface area contributed by atoms with Gasteiger partial charge in [-0.1, -0.05) is 18.2 Å². The van der Waals surface area contributed by atoms with Crippen LogP contribution in [0.25, 0.3) is 0 Å². The smallest absolute Gasteiger partial charge is 0.232 e. The molecule has 19 nitrogen and oxygen atoms in total. The molecule has 11 N–H and O–H groups in total. The zero-order valence-corrected chi connectivity index (χ0v) is 45.5. The molecule has 0 saturated carbocycles. The summed E-state index contributed by atoms with van der Waals surface area (Å²) in [5, 5.41) is 30.5. The van der Waals surface area contributed by atoms with Crippen LogP contribution < -0.4 is 33.6 Å². The van der Waals surface area contributed by atoms with Crippen LogP contribution in [0.5, 0.6) is 0 Å². The Morgan fingerprint density at radius 2 is 0.985 bits per heavy atom. The third-order valence-corrected chi connectivity index (χ3v) is 8.59. The molecule has 7 aromatic heterocycles. The maximum absolute atomic E-state index is 8.30. The number of nitrogens with one attached hydrogen (secondary N) is 4. The number of amidine groups is 2. The van der Waals surface area contributed by atoms with Crippen molar-refractivity contribution in [3.8, 4) is 6.07 Å². The van der Waals surface area contributed by atoms with Crippen molar-refractivity contribution in [3.63, 3.8) is 0 Å². The number of hydrazine groups is 1. The molecule has 0 unspecified atom stereocenters. The van der Waals surface area contributed by atoms with E-state index < -0.39 is 0 Å². The molecule has 0 aliphatic carbocycles. The van der Waals surface area contributed by atoms with Crippen molar-refractivity contribution in [1.29, 1.82) is 12.0 Å². The predicted octanol–water partition coefficient (Wildman–Crippen LogP) is 6.80. The normalized spacial score (nSPS) is 9.71. The number of nitrogens with zero attached hydrogens (tertiary/aromatic N) is 10. The summed E-state index contributed by atoms with van der Waals surface area (Å²) in [6.45, 7) is 0. The number of halogens is 4. The number of nitrogen functional groups attached to an aromatic ring is 1. The van der Waals surface area contributed by atoms with E-state index in [1.165, 1.54) is 7.11 Å². The van der Waals surface area contributed by atoms with Gasteiger partial charge in [-0.05, 0) is 150 Å². The van der Waals surface area contributed by atoms with Gasteiger partial charge in [0.2, 0.25) is 5.90 Å². The summed E-state index contributed by atoms with van der Waals surface area (Å²) in [5.41, 5.74) is 21.7. The van der Waals surface area contributed by atoms with E-state index in [1.807, 2.05) is 60.7 Å². The van der Waals surface area contributed by atoms with Gasteiger partial charge in [0.25, 0.3) is 0 Å². The average molecular weight is 1370 g/mol. The molecule has 0 atom stereocenters. The summed E-state index contributed by atoms with van der Waals surface area (Å²) in [4.78, 5) is 28.0. The van der Waals surface area contributed by atoms with Crippen molar-refractivity contribution in [3.05, 3.63) is 187 Å². The summed E-state index contributed by atoms with van der Waals surface area (Å²) in [5.74, 6) is 7.69. The summed E-state index contributed by atoms with van der Waals surface area (Å²) in [7, 11) is 6.20. The molecule has 0 fully saturated rings. The summed E-state index contributed by atoms with van der Waals surface area (Å²) in [6, 6.07) is 32.6. The molecule has 2 radical (unpaired) electrons. The molecule has 0 saturated heterocycles. The molecule has 7 heterocycles. The Bertz CT molecular complexity index is 2380. The third-order valence-electron chi connectivity index (χ3n) is 6.71. The van der Waals surface area contributed by atoms with Gasteiger partial charge in [-0.25, -0.2) is 25.8 Å². The van der Waals surface area contributed by atoms with E-state index >= 15 is 0 Å². The molecule has 7 aromatic rings. The number of anilines is 3. The number of aromatic nitrogens is 7. The molecule has 0 amide bonds. The predicted molar refractivity (Wildman–Crippen MR) is 271 cm³/mol. The first-order valence-electron chi connectivity index (χ1n) is 18.4. The first-order chi connectivity index (χ1) is 32.0. The molecular formula is C41H42BBr4N17O2U. The van der Waals surface area contributed by atoms with Gasteiger partial charge >= 0.3 is 0 Å². The van der Waals surface area contributed by atoms with E-state index in [9.17, 15) is 0 Å². The maximum atomic E-state index is 8.30. The van der Waals surface area contributed by atoms with E-state index in [4.69, 9.17) is 34.4 Å². The van der Waals surface area contributed by atoms with Crippen LogP contribution in [-0.4, -0.2) is 81.5 Å². The number of aliphatic hydroxyl groups is 1. The van der Waals surface area contributed by atoms with Gasteiger partial charge in [0.05, 0.1) is 7.11 Å². The standard InChI is InChI=1S/2C11H10BrN5.C7H7BrN2O.C6H3BrN2.C5H7N3.CH4O.BH.U/c2*12-8-4-5-9(15-7-8)11(13)17-16-10-3-1-2-6-14-10;1-11-7(9)6-3-2-5(8)4-10-6;7-5-1-2-6(3-8)9-4-5;6-8-5-3-1-2-4-7-5;1-2;;/h2*1-7H,(H2,13,17)(H,14,16);2-4,9H,1H3;1-2,4H;1-4H,6H2,(H,7,8);2H,1H3;1H;/i;;;;;;1D;. The maximum Gasteiger partial charge on any atom is 0.232 e. The minimum absolute atomic E-state index is 0. The number of aliphatic hydroxyl groups excluding tert-OH is 1. The summed E-state index contributed by atoms with van der Waals surface area (Å²) in [6.07, 6.45) is 11.6.